The van der Waals surface area contributed by atoms with Crippen LogP contribution in [0.1, 0.15) is 49.7 Å². The fraction of sp³-hybridized carbons (Fsp3) is 0.517. The van der Waals surface area contributed by atoms with Gasteiger partial charge in [-0.05, 0) is 98.9 Å². The van der Waals surface area contributed by atoms with Gasteiger partial charge in [0, 0.05) is 42.1 Å². The van der Waals surface area contributed by atoms with Gasteiger partial charge in [0.2, 0.25) is 5.91 Å². The van der Waals surface area contributed by atoms with Crippen LogP contribution in [0.2, 0.25) is 0 Å². The van der Waals surface area contributed by atoms with E-state index >= 15 is 0 Å². The standard InChI is InChI=1S/C29H35F3N4O2S/c1-34-27(13-20-12-24(31)25(32)15-23(20)30)29(33)8-6-18-11-21(16-29)36(17-18)28(37)7-9-35-39-22-5-4-19-3-2-10-38-26(19)14-22/h4-5,12,14-15,18,21,27,35H,1-3,6-11,13,16-17,33H2. The Bertz CT molecular complexity index is 1230. The summed E-state index contributed by atoms with van der Waals surface area (Å²) in [6.45, 7) is 5.65. The molecule has 4 atom stereocenters. The van der Waals surface area contributed by atoms with E-state index in [1.54, 1.807) is 0 Å². The third-order valence-electron chi connectivity index (χ3n) is 8.36. The van der Waals surface area contributed by atoms with Crippen LogP contribution in [0, 0.1) is 23.4 Å². The van der Waals surface area contributed by atoms with E-state index < -0.39 is 29.0 Å². The predicted molar refractivity (Wildman–Crippen MR) is 146 cm³/mol. The first-order valence-corrected chi connectivity index (χ1v) is 14.4. The van der Waals surface area contributed by atoms with Gasteiger partial charge in [0.05, 0.1) is 12.6 Å². The maximum Gasteiger partial charge on any atom is 0.224 e. The number of likely N-dealkylation sites (tertiary alicyclic amines) is 1. The van der Waals surface area contributed by atoms with Crippen molar-refractivity contribution >= 4 is 24.6 Å². The van der Waals surface area contributed by atoms with Crippen LogP contribution in [-0.2, 0) is 17.6 Å². The molecule has 10 heteroatoms. The van der Waals surface area contributed by atoms with Crippen LogP contribution in [0.5, 0.6) is 5.75 Å². The van der Waals surface area contributed by atoms with Crippen molar-refractivity contribution in [3.63, 3.8) is 0 Å². The maximum atomic E-state index is 14.4. The smallest absolute Gasteiger partial charge is 0.224 e. The molecular formula is C29H35F3N4O2S. The molecule has 1 aliphatic carbocycles. The average Bonchev–Trinajstić information content (AvgIpc) is 3.24. The number of amides is 1. The van der Waals surface area contributed by atoms with Crippen LogP contribution in [-0.4, -0.2) is 54.8 Å². The average molecular weight is 561 g/mol. The van der Waals surface area contributed by atoms with Crippen LogP contribution in [0.25, 0.3) is 0 Å². The van der Waals surface area contributed by atoms with Gasteiger partial charge in [-0.3, -0.25) is 14.5 Å². The van der Waals surface area contributed by atoms with Crippen molar-refractivity contribution in [3.8, 4) is 5.75 Å². The summed E-state index contributed by atoms with van der Waals surface area (Å²) in [5.74, 6) is -1.81. The van der Waals surface area contributed by atoms with Gasteiger partial charge in [0.15, 0.2) is 11.6 Å². The van der Waals surface area contributed by atoms with Gasteiger partial charge in [-0.2, -0.15) is 0 Å². The summed E-state index contributed by atoms with van der Waals surface area (Å²) in [5.41, 5.74) is 7.30. The highest BCUT2D eigenvalue weighted by Crippen LogP contribution is 2.41. The van der Waals surface area contributed by atoms with Crippen molar-refractivity contribution < 1.29 is 22.7 Å². The Morgan fingerprint density at radius 3 is 2.90 bits per heavy atom. The minimum absolute atomic E-state index is 0.0171. The predicted octanol–water partition coefficient (Wildman–Crippen LogP) is 4.83. The highest BCUT2D eigenvalue weighted by Gasteiger charge is 2.46. The quantitative estimate of drug-likeness (QED) is 0.199. The lowest BCUT2D eigenvalue weighted by atomic mass is 9.79. The van der Waals surface area contributed by atoms with E-state index in [0.29, 0.717) is 44.3 Å². The topological polar surface area (TPSA) is 80.0 Å². The molecule has 1 saturated carbocycles. The number of nitrogens with two attached hydrogens (primary N) is 1. The molecule has 2 fully saturated rings. The van der Waals surface area contributed by atoms with E-state index in [2.05, 4.69) is 28.6 Å². The Kier molecular flexibility index (Phi) is 8.54. The van der Waals surface area contributed by atoms with Gasteiger partial charge in [-0.1, -0.05) is 6.07 Å². The zero-order chi connectivity index (χ0) is 27.6. The SMILES string of the molecule is C=NC(Cc1cc(F)c(F)cc1F)C1(N)CCC2CC(C1)N(C(=O)CCNSc1ccc3c(c1)OCCC3)C2. The number of aryl methyl sites for hydroxylation is 1. The number of halogens is 3. The molecule has 2 aromatic rings. The molecular weight excluding hydrogens is 525 g/mol. The summed E-state index contributed by atoms with van der Waals surface area (Å²) in [6.07, 6.45) is 5.29. The number of hydrogen-bond acceptors (Lipinski definition) is 6. The molecule has 1 saturated heterocycles. The number of rotatable bonds is 9. The second-order valence-electron chi connectivity index (χ2n) is 11.0. The molecule has 2 aromatic carbocycles. The van der Waals surface area contributed by atoms with Crippen molar-refractivity contribution in [2.24, 2.45) is 16.6 Å². The molecule has 0 aromatic heterocycles. The lowest BCUT2D eigenvalue weighted by molar-refractivity contribution is -0.132. The van der Waals surface area contributed by atoms with Crippen LogP contribution in [0.3, 0.4) is 0 Å². The van der Waals surface area contributed by atoms with E-state index in [9.17, 15) is 18.0 Å². The van der Waals surface area contributed by atoms with Gasteiger partial charge in [-0.25, -0.2) is 13.2 Å². The first kappa shape index (κ1) is 28.0. The molecule has 2 heterocycles. The highest BCUT2D eigenvalue weighted by molar-refractivity contribution is 7.97. The number of benzene rings is 2. The Morgan fingerprint density at radius 2 is 2.08 bits per heavy atom. The van der Waals surface area contributed by atoms with Gasteiger partial charge < -0.3 is 15.4 Å². The normalized spacial score (nSPS) is 25.0. The molecule has 1 amide bonds. The minimum Gasteiger partial charge on any atom is -0.493 e. The third kappa shape index (κ3) is 6.28. The maximum absolute atomic E-state index is 14.4. The first-order valence-electron chi connectivity index (χ1n) is 13.6. The molecule has 0 spiro atoms. The van der Waals surface area contributed by atoms with E-state index in [-0.39, 0.29) is 23.9 Å². The Balaban J connectivity index is 1.17. The summed E-state index contributed by atoms with van der Waals surface area (Å²) >= 11 is 1.49. The summed E-state index contributed by atoms with van der Waals surface area (Å²) in [4.78, 5) is 20.4. The zero-order valence-electron chi connectivity index (χ0n) is 21.9. The van der Waals surface area contributed by atoms with E-state index in [0.717, 1.165) is 49.0 Å². The Labute approximate surface area is 231 Å². The summed E-state index contributed by atoms with van der Waals surface area (Å²) in [7, 11) is 0. The molecule has 2 bridgehead atoms. The van der Waals surface area contributed by atoms with Crippen molar-refractivity contribution in [2.75, 3.05) is 19.7 Å². The monoisotopic (exact) mass is 560 g/mol. The summed E-state index contributed by atoms with van der Waals surface area (Å²) in [5, 5.41) is 0. The molecule has 5 rings (SSSR count). The molecule has 6 nitrogen and oxygen atoms in total. The van der Waals surface area contributed by atoms with Crippen LogP contribution in [0.15, 0.2) is 40.2 Å². The van der Waals surface area contributed by atoms with Gasteiger partial charge in [0.1, 0.15) is 11.6 Å². The fourth-order valence-corrected chi connectivity index (χ4v) is 6.91. The molecule has 39 heavy (non-hydrogen) atoms. The molecule has 2 aliphatic heterocycles. The minimum atomic E-state index is -1.23. The molecule has 4 unspecified atom stereocenters. The number of ether oxygens (including phenoxy) is 1. The molecule has 3 N–H and O–H groups in total. The molecule has 0 radical (unpaired) electrons. The van der Waals surface area contributed by atoms with Crippen molar-refractivity contribution in [2.45, 2.75) is 73.9 Å². The second-order valence-corrected chi connectivity index (χ2v) is 12.0. The number of carbonyl (C=O) groups is 1. The lowest BCUT2D eigenvalue weighted by Gasteiger charge is -2.40. The third-order valence-corrected chi connectivity index (χ3v) is 9.20. The van der Waals surface area contributed by atoms with Crippen molar-refractivity contribution in [1.29, 1.82) is 0 Å². The van der Waals surface area contributed by atoms with E-state index in [1.165, 1.54) is 17.5 Å². The second kappa shape index (κ2) is 11.9. The van der Waals surface area contributed by atoms with E-state index in [1.807, 2.05) is 11.0 Å². The number of nitrogens with zero attached hydrogens (tertiary/aromatic N) is 2. The number of hydrogen-bond donors (Lipinski definition) is 2. The Hall–Kier alpha value is -2.56. The van der Waals surface area contributed by atoms with Crippen molar-refractivity contribution in [1.82, 2.24) is 9.62 Å². The van der Waals surface area contributed by atoms with E-state index in [4.69, 9.17) is 10.5 Å². The fourth-order valence-electron chi connectivity index (χ4n) is 6.24. The van der Waals surface area contributed by atoms with Crippen molar-refractivity contribution in [3.05, 3.63) is 58.9 Å². The number of carbonyl (C=O) groups excluding carboxylic acids is 1. The summed E-state index contributed by atoms with van der Waals surface area (Å²) < 4.78 is 50.6. The first-order chi connectivity index (χ1) is 18.8. The van der Waals surface area contributed by atoms with Gasteiger partial charge in [0.25, 0.3) is 0 Å². The summed E-state index contributed by atoms with van der Waals surface area (Å²) in [6, 6.07) is 6.99. The van der Waals surface area contributed by atoms with Crippen LogP contribution in [0.4, 0.5) is 13.2 Å². The lowest BCUT2D eigenvalue weighted by Crippen LogP contribution is -2.55. The number of aliphatic imine (C=N–C) groups is 1. The number of fused-ring (bicyclic) bond motifs is 3. The van der Waals surface area contributed by atoms with Crippen LogP contribution >= 0.6 is 11.9 Å². The van der Waals surface area contributed by atoms with Gasteiger partial charge >= 0.3 is 0 Å². The number of nitrogens with one attached hydrogen (secondary N) is 1. The zero-order valence-corrected chi connectivity index (χ0v) is 22.8. The molecule has 3 aliphatic rings. The Morgan fingerprint density at radius 1 is 1.26 bits per heavy atom. The van der Waals surface area contributed by atoms with Crippen LogP contribution < -0.4 is 15.2 Å². The highest BCUT2D eigenvalue weighted by atomic mass is 32.2. The van der Waals surface area contributed by atoms with Gasteiger partial charge in [-0.15, -0.1) is 0 Å². The largest absolute Gasteiger partial charge is 0.493 e. The molecule has 210 valence electrons.